The summed E-state index contributed by atoms with van der Waals surface area (Å²) in [7, 11) is 0. The first kappa shape index (κ1) is 12.8. The quantitative estimate of drug-likeness (QED) is 0.346. The second kappa shape index (κ2) is 5.45. The number of nitrogens with zero attached hydrogens (tertiary/aromatic N) is 1. The molecular formula is C21H15N. The molecule has 0 bridgehead atoms. The Morgan fingerprint density at radius 2 is 1.45 bits per heavy atom. The Morgan fingerprint density at radius 1 is 0.636 bits per heavy atom. The van der Waals surface area contributed by atoms with Crippen molar-refractivity contribution >= 4 is 33.8 Å². The highest BCUT2D eigenvalue weighted by atomic mass is 14.6. The molecule has 104 valence electrons. The van der Waals surface area contributed by atoms with Gasteiger partial charge in [-0.15, -0.1) is 0 Å². The Balaban J connectivity index is 1.94. The molecule has 0 atom stereocenters. The zero-order valence-corrected chi connectivity index (χ0v) is 12.1. The van der Waals surface area contributed by atoms with Crippen LogP contribution < -0.4 is 0 Å². The third-order valence-electron chi connectivity index (χ3n) is 3.90. The van der Waals surface area contributed by atoms with Crippen LogP contribution in [0.5, 0.6) is 0 Å². The zero-order chi connectivity index (χ0) is 14.8. The summed E-state index contributed by atoms with van der Waals surface area (Å²) >= 11 is 0. The molecule has 0 aliphatic rings. The Labute approximate surface area is 129 Å². The first-order valence-electron chi connectivity index (χ1n) is 7.41. The smallest absolute Gasteiger partial charge is 0.0786 e. The van der Waals surface area contributed by atoms with E-state index >= 15 is 0 Å². The summed E-state index contributed by atoms with van der Waals surface area (Å²) in [5.41, 5.74) is 3.46. The van der Waals surface area contributed by atoms with E-state index < -0.39 is 0 Å². The van der Waals surface area contributed by atoms with Crippen LogP contribution in [-0.2, 0) is 0 Å². The molecule has 3 aromatic carbocycles. The first-order valence-corrected chi connectivity index (χ1v) is 7.41. The topological polar surface area (TPSA) is 12.9 Å². The van der Waals surface area contributed by atoms with Crippen molar-refractivity contribution in [3.8, 4) is 0 Å². The number of rotatable bonds is 2. The van der Waals surface area contributed by atoms with Crippen LogP contribution in [-0.4, -0.2) is 4.98 Å². The standard InChI is InChI=1S/C21H15N/c1-2-6-16(7-3-1)11-12-17-8-4-9-18-13-14-19-10-5-15-22-21(19)20(17)18/h1-15H/b12-11-. The van der Waals surface area contributed by atoms with Crippen LogP contribution in [0.4, 0.5) is 0 Å². The summed E-state index contributed by atoms with van der Waals surface area (Å²) in [5.74, 6) is 0. The Hall–Kier alpha value is -2.93. The summed E-state index contributed by atoms with van der Waals surface area (Å²) in [6, 6.07) is 25.1. The largest absolute Gasteiger partial charge is 0.256 e. The van der Waals surface area contributed by atoms with E-state index in [0.717, 1.165) is 5.52 Å². The van der Waals surface area contributed by atoms with Gasteiger partial charge in [0.05, 0.1) is 5.52 Å². The van der Waals surface area contributed by atoms with Crippen LogP contribution >= 0.6 is 0 Å². The molecule has 22 heavy (non-hydrogen) atoms. The monoisotopic (exact) mass is 281 g/mol. The van der Waals surface area contributed by atoms with Crippen molar-refractivity contribution in [2.45, 2.75) is 0 Å². The van der Waals surface area contributed by atoms with Gasteiger partial charge in [0.2, 0.25) is 0 Å². The van der Waals surface area contributed by atoms with Gasteiger partial charge < -0.3 is 0 Å². The highest BCUT2D eigenvalue weighted by Crippen LogP contribution is 2.28. The van der Waals surface area contributed by atoms with Crippen molar-refractivity contribution in [2.24, 2.45) is 0 Å². The van der Waals surface area contributed by atoms with E-state index in [2.05, 4.69) is 77.8 Å². The van der Waals surface area contributed by atoms with Crippen LogP contribution in [0.25, 0.3) is 33.8 Å². The van der Waals surface area contributed by atoms with Gasteiger partial charge in [-0.25, -0.2) is 0 Å². The van der Waals surface area contributed by atoms with Crippen molar-refractivity contribution < 1.29 is 0 Å². The van der Waals surface area contributed by atoms with Gasteiger partial charge >= 0.3 is 0 Å². The highest BCUT2D eigenvalue weighted by molar-refractivity contribution is 6.09. The number of fused-ring (bicyclic) bond motifs is 3. The molecule has 4 rings (SSSR count). The summed E-state index contributed by atoms with van der Waals surface area (Å²) < 4.78 is 0. The summed E-state index contributed by atoms with van der Waals surface area (Å²) in [4.78, 5) is 4.59. The molecule has 0 spiro atoms. The van der Waals surface area contributed by atoms with Crippen LogP contribution in [0.3, 0.4) is 0 Å². The minimum Gasteiger partial charge on any atom is -0.256 e. The molecule has 0 aliphatic heterocycles. The van der Waals surface area contributed by atoms with Crippen molar-refractivity contribution in [3.63, 3.8) is 0 Å². The number of hydrogen-bond acceptors (Lipinski definition) is 1. The van der Waals surface area contributed by atoms with Crippen molar-refractivity contribution in [1.82, 2.24) is 4.98 Å². The van der Waals surface area contributed by atoms with E-state index in [9.17, 15) is 0 Å². The molecule has 0 amide bonds. The average Bonchev–Trinajstić information content (AvgIpc) is 2.60. The lowest BCUT2D eigenvalue weighted by atomic mass is 10.00. The molecule has 0 fully saturated rings. The normalized spacial score (nSPS) is 11.5. The predicted molar refractivity (Wildman–Crippen MR) is 94.6 cm³/mol. The van der Waals surface area contributed by atoms with Crippen molar-refractivity contribution in [1.29, 1.82) is 0 Å². The average molecular weight is 281 g/mol. The Kier molecular flexibility index (Phi) is 3.17. The number of benzene rings is 3. The van der Waals surface area contributed by atoms with E-state index in [4.69, 9.17) is 0 Å². The number of aromatic nitrogens is 1. The van der Waals surface area contributed by atoms with Gasteiger partial charge in [-0.1, -0.05) is 78.9 Å². The molecule has 1 nitrogen and oxygen atoms in total. The van der Waals surface area contributed by atoms with Crippen molar-refractivity contribution in [3.05, 3.63) is 90.1 Å². The van der Waals surface area contributed by atoms with E-state index in [-0.39, 0.29) is 0 Å². The molecule has 0 unspecified atom stereocenters. The molecule has 4 aromatic rings. The third-order valence-corrected chi connectivity index (χ3v) is 3.90. The molecule has 0 saturated heterocycles. The molecule has 0 aliphatic carbocycles. The van der Waals surface area contributed by atoms with E-state index in [0.29, 0.717) is 0 Å². The molecule has 1 heterocycles. The lowest BCUT2D eigenvalue weighted by Gasteiger charge is -2.06. The Bertz CT molecular complexity index is 969. The van der Waals surface area contributed by atoms with Crippen LogP contribution in [0.2, 0.25) is 0 Å². The highest BCUT2D eigenvalue weighted by Gasteiger charge is 2.04. The number of hydrogen-bond donors (Lipinski definition) is 0. The predicted octanol–water partition coefficient (Wildman–Crippen LogP) is 5.56. The molecule has 1 heteroatoms. The van der Waals surface area contributed by atoms with Gasteiger partial charge in [-0.3, -0.25) is 4.98 Å². The fourth-order valence-electron chi connectivity index (χ4n) is 2.83. The van der Waals surface area contributed by atoms with Crippen LogP contribution in [0.1, 0.15) is 11.1 Å². The minimum absolute atomic E-state index is 1.06. The van der Waals surface area contributed by atoms with Crippen LogP contribution in [0, 0.1) is 0 Å². The second-order valence-electron chi connectivity index (χ2n) is 5.33. The lowest BCUT2D eigenvalue weighted by Crippen LogP contribution is -1.84. The lowest BCUT2D eigenvalue weighted by molar-refractivity contribution is 1.43. The summed E-state index contributed by atoms with van der Waals surface area (Å²) in [6.07, 6.45) is 6.18. The molecule has 0 N–H and O–H groups in total. The van der Waals surface area contributed by atoms with Gasteiger partial charge in [-0.2, -0.15) is 0 Å². The molecular weight excluding hydrogens is 266 g/mol. The van der Waals surface area contributed by atoms with E-state index in [1.54, 1.807) is 0 Å². The maximum Gasteiger partial charge on any atom is 0.0786 e. The van der Waals surface area contributed by atoms with Gasteiger partial charge in [-0.05, 0) is 22.6 Å². The summed E-state index contributed by atoms with van der Waals surface area (Å²) in [6.45, 7) is 0. The minimum atomic E-state index is 1.06. The summed E-state index contributed by atoms with van der Waals surface area (Å²) in [5, 5.41) is 3.62. The SMILES string of the molecule is C(=C/c1cccc2ccc3cccnc3c12)/c1ccccc1. The van der Waals surface area contributed by atoms with E-state index in [1.165, 1.54) is 27.3 Å². The fraction of sp³-hybridized carbons (Fsp3) is 0. The van der Waals surface area contributed by atoms with Gasteiger partial charge in [0.1, 0.15) is 0 Å². The van der Waals surface area contributed by atoms with Gasteiger partial charge in [0.15, 0.2) is 0 Å². The first-order chi connectivity index (χ1) is 10.9. The Morgan fingerprint density at radius 3 is 2.36 bits per heavy atom. The maximum atomic E-state index is 4.59. The zero-order valence-electron chi connectivity index (χ0n) is 12.1. The third kappa shape index (κ3) is 2.27. The molecule has 1 aromatic heterocycles. The van der Waals surface area contributed by atoms with Gasteiger partial charge in [0, 0.05) is 17.0 Å². The second-order valence-corrected chi connectivity index (χ2v) is 5.33. The van der Waals surface area contributed by atoms with Crippen LogP contribution in [0.15, 0.2) is 79.0 Å². The molecule has 0 radical (unpaired) electrons. The fourth-order valence-corrected chi connectivity index (χ4v) is 2.83. The van der Waals surface area contributed by atoms with Crippen molar-refractivity contribution in [2.75, 3.05) is 0 Å². The maximum absolute atomic E-state index is 4.59. The number of pyridine rings is 1. The van der Waals surface area contributed by atoms with E-state index in [1.807, 2.05) is 18.3 Å². The van der Waals surface area contributed by atoms with Gasteiger partial charge in [0.25, 0.3) is 0 Å². The molecule has 0 saturated carbocycles.